The van der Waals surface area contributed by atoms with Crippen molar-refractivity contribution in [1.82, 2.24) is 20.1 Å². The van der Waals surface area contributed by atoms with Crippen molar-refractivity contribution < 1.29 is 14.3 Å². The zero-order chi connectivity index (χ0) is 23.1. The fourth-order valence-electron chi connectivity index (χ4n) is 2.88. The number of amides is 2. The van der Waals surface area contributed by atoms with Crippen LogP contribution in [0.3, 0.4) is 0 Å². The molecule has 0 unspecified atom stereocenters. The third-order valence-electron chi connectivity index (χ3n) is 4.59. The van der Waals surface area contributed by atoms with Gasteiger partial charge in [-0.2, -0.15) is 0 Å². The van der Waals surface area contributed by atoms with Crippen LogP contribution in [0.4, 0.5) is 5.69 Å². The highest BCUT2D eigenvalue weighted by Gasteiger charge is 2.13. The molecule has 0 aliphatic rings. The van der Waals surface area contributed by atoms with Gasteiger partial charge in [0.1, 0.15) is 5.75 Å². The quantitative estimate of drug-likeness (QED) is 0.461. The van der Waals surface area contributed by atoms with Gasteiger partial charge in [0.2, 0.25) is 5.91 Å². The maximum absolute atomic E-state index is 12.2. The number of thioether (sulfide) groups is 1. The predicted octanol–water partition coefficient (Wildman–Crippen LogP) is 3.51. The van der Waals surface area contributed by atoms with Crippen LogP contribution in [-0.4, -0.2) is 38.9 Å². The van der Waals surface area contributed by atoms with E-state index in [1.54, 1.807) is 35.9 Å². The first-order valence-corrected chi connectivity index (χ1v) is 11.2. The molecule has 0 saturated carbocycles. The van der Waals surface area contributed by atoms with Crippen LogP contribution in [0.2, 0.25) is 5.02 Å². The van der Waals surface area contributed by atoms with E-state index in [1.165, 1.54) is 11.8 Å². The summed E-state index contributed by atoms with van der Waals surface area (Å²) in [5, 5.41) is 14.9. The summed E-state index contributed by atoms with van der Waals surface area (Å²) >= 11 is 7.10. The number of rotatable bonds is 9. The Morgan fingerprint density at radius 3 is 2.44 bits per heavy atom. The number of carbonyl (C=O) groups excluding carboxylic acids is 2. The first-order chi connectivity index (χ1) is 15.3. The van der Waals surface area contributed by atoms with Gasteiger partial charge in [-0.25, -0.2) is 0 Å². The van der Waals surface area contributed by atoms with Gasteiger partial charge in [-0.1, -0.05) is 41.6 Å². The molecule has 0 spiro atoms. The summed E-state index contributed by atoms with van der Waals surface area (Å²) in [5.41, 5.74) is 2.63. The second kappa shape index (κ2) is 11.0. The maximum atomic E-state index is 12.2. The molecule has 0 radical (unpaired) electrons. The lowest BCUT2D eigenvalue weighted by Crippen LogP contribution is -2.29. The lowest BCUT2D eigenvalue weighted by atomic mass is 10.1. The van der Waals surface area contributed by atoms with Crippen molar-refractivity contribution in [3.8, 4) is 5.75 Å². The molecule has 3 aromatic rings. The zero-order valence-electron chi connectivity index (χ0n) is 18.0. The second-order valence-electron chi connectivity index (χ2n) is 7.09. The smallest absolute Gasteiger partial charge is 0.258 e. The molecule has 8 nitrogen and oxygen atoms in total. The summed E-state index contributed by atoms with van der Waals surface area (Å²) in [6.07, 6.45) is 0. The van der Waals surface area contributed by atoms with Gasteiger partial charge in [-0.15, -0.1) is 10.2 Å². The zero-order valence-corrected chi connectivity index (χ0v) is 19.6. The summed E-state index contributed by atoms with van der Waals surface area (Å²) in [5.74, 6) is 1.04. The van der Waals surface area contributed by atoms with Gasteiger partial charge < -0.3 is 19.9 Å². The summed E-state index contributed by atoms with van der Waals surface area (Å²) in [6, 6.07) is 12.7. The van der Waals surface area contributed by atoms with E-state index in [4.69, 9.17) is 16.3 Å². The number of para-hydroxylation sites is 1. The lowest BCUT2D eigenvalue weighted by Gasteiger charge is -2.12. The molecule has 168 valence electrons. The van der Waals surface area contributed by atoms with Crippen LogP contribution in [0.25, 0.3) is 0 Å². The molecule has 3 rings (SSSR count). The molecule has 0 aliphatic heterocycles. The predicted molar refractivity (Wildman–Crippen MR) is 125 cm³/mol. The lowest BCUT2D eigenvalue weighted by molar-refractivity contribution is -0.123. The Morgan fingerprint density at radius 2 is 1.75 bits per heavy atom. The molecular weight excluding hydrogens is 450 g/mol. The summed E-state index contributed by atoms with van der Waals surface area (Å²) < 4.78 is 7.41. The Kier molecular flexibility index (Phi) is 8.13. The largest absolute Gasteiger partial charge is 0.483 e. The van der Waals surface area contributed by atoms with Crippen LogP contribution >= 0.6 is 23.4 Å². The van der Waals surface area contributed by atoms with Gasteiger partial charge in [0.15, 0.2) is 17.6 Å². The molecule has 1 aromatic heterocycles. The van der Waals surface area contributed by atoms with Crippen molar-refractivity contribution in [2.24, 2.45) is 7.05 Å². The third-order valence-corrected chi connectivity index (χ3v) is 5.86. The monoisotopic (exact) mass is 473 g/mol. The van der Waals surface area contributed by atoms with E-state index >= 15 is 0 Å². The molecule has 0 saturated heterocycles. The first-order valence-electron chi connectivity index (χ1n) is 9.85. The highest BCUT2D eigenvalue weighted by Crippen LogP contribution is 2.22. The standard InChI is InChI=1S/C22H24ClN5O3S/c1-14-5-4-6-15(2)21(14)31-12-19(29)24-11-18-26-27-22(28(18)3)32-13-20(30)25-17-9-7-16(23)8-10-17/h4-10H,11-13H2,1-3H3,(H,24,29)(H,25,30). The van der Waals surface area contributed by atoms with E-state index in [0.717, 1.165) is 16.9 Å². The van der Waals surface area contributed by atoms with Crippen LogP contribution < -0.4 is 15.4 Å². The summed E-state index contributed by atoms with van der Waals surface area (Å²) in [6.45, 7) is 4.00. The molecule has 2 aromatic carbocycles. The highest BCUT2D eigenvalue weighted by molar-refractivity contribution is 7.99. The number of halogens is 1. The third kappa shape index (κ3) is 6.48. The normalized spacial score (nSPS) is 10.6. The number of carbonyl (C=O) groups is 2. The number of aromatic nitrogens is 3. The number of benzene rings is 2. The van der Waals surface area contributed by atoms with Crippen LogP contribution in [0, 0.1) is 13.8 Å². The first kappa shape index (κ1) is 23.6. The van der Waals surface area contributed by atoms with E-state index in [2.05, 4.69) is 20.8 Å². The number of hydrogen-bond acceptors (Lipinski definition) is 6. The van der Waals surface area contributed by atoms with Gasteiger partial charge in [-0.05, 0) is 49.2 Å². The molecule has 0 fully saturated rings. The van der Waals surface area contributed by atoms with E-state index in [1.807, 2.05) is 32.0 Å². The molecule has 2 amide bonds. The van der Waals surface area contributed by atoms with E-state index in [-0.39, 0.29) is 30.7 Å². The minimum absolute atomic E-state index is 0.0873. The average molecular weight is 474 g/mol. The van der Waals surface area contributed by atoms with Gasteiger partial charge in [-0.3, -0.25) is 9.59 Å². The van der Waals surface area contributed by atoms with Crippen molar-refractivity contribution in [1.29, 1.82) is 0 Å². The Hall–Kier alpha value is -3.04. The van der Waals surface area contributed by atoms with Crippen LogP contribution in [0.15, 0.2) is 47.6 Å². The maximum Gasteiger partial charge on any atom is 0.258 e. The number of aryl methyl sites for hydroxylation is 2. The van der Waals surface area contributed by atoms with Crippen molar-refractivity contribution in [2.45, 2.75) is 25.5 Å². The molecule has 2 N–H and O–H groups in total. The SMILES string of the molecule is Cc1cccc(C)c1OCC(=O)NCc1nnc(SCC(=O)Nc2ccc(Cl)cc2)n1C. The van der Waals surface area contributed by atoms with Gasteiger partial charge in [0.25, 0.3) is 5.91 Å². The van der Waals surface area contributed by atoms with Gasteiger partial charge in [0, 0.05) is 17.8 Å². The van der Waals surface area contributed by atoms with E-state index in [0.29, 0.717) is 21.7 Å². The van der Waals surface area contributed by atoms with E-state index in [9.17, 15) is 9.59 Å². The molecular formula is C22H24ClN5O3S. The molecule has 0 aliphatic carbocycles. The van der Waals surface area contributed by atoms with Crippen molar-refractivity contribution in [2.75, 3.05) is 17.7 Å². The molecule has 0 atom stereocenters. The summed E-state index contributed by atoms with van der Waals surface area (Å²) in [7, 11) is 1.79. The van der Waals surface area contributed by atoms with Crippen molar-refractivity contribution >= 4 is 40.9 Å². The Balaban J connectivity index is 1.45. The topological polar surface area (TPSA) is 98.1 Å². The van der Waals surface area contributed by atoms with Gasteiger partial charge in [0.05, 0.1) is 12.3 Å². The Bertz CT molecular complexity index is 1080. The Labute approximate surface area is 195 Å². The van der Waals surface area contributed by atoms with Gasteiger partial charge >= 0.3 is 0 Å². The van der Waals surface area contributed by atoms with Crippen LogP contribution in [-0.2, 0) is 23.2 Å². The van der Waals surface area contributed by atoms with Crippen molar-refractivity contribution in [3.63, 3.8) is 0 Å². The van der Waals surface area contributed by atoms with Crippen molar-refractivity contribution in [3.05, 3.63) is 64.4 Å². The number of anilines is 1. The second-order valence-corrected chi connectivity index (χ2v) is 8.47. The minimum Gasteiger partial charge on any atom is -0.483 e. The Morgan fingerprint density at radius 1 is 1.06 bits per heavy atom. The number of ether oxygens (including phenoxy) is 1. The molecule has 10 heteroatoms. The molecule has 32 heavy (non-hydrogen) atoms. The number of nitrogens with zero attached hydrogens (tertiary/aromatic N) is 3. The molecule has 0 bridgehead atoms. The summed E-state index contributed by atoms with van der Waals surface area (Å²) in [4.78, 5) is 24.3. The average Bonchev–Trinajstić information content (AvgIpc) is 3.11. The fourth-order valence-corrected chi connectivity index (χ4v) is 3.73. The van der Waals surface area contributed by atoms with Crippen LogP contribution in [0.1, 0.15) is 17.0 Å². The number of hydrogen-bond donors (Lipinski definition) is 2. The highest BCUT2D eigenvalue weighted by atomic mass is 35.5. The fraction of sp³-hybridized carbons (Fsp3) is 0.273. The minimum atomic E-state index is -0.257. The van der Waals surface area contributed by atoms with E-state index < -0.39 is 0 Å². The number of nitrogens with one attached hydrogen (secondary N) is 2. The molecule has 1 heterocycles. The van der Waals surface area contributed by atoms with Crippen LogP contribution in [0.5, 0.6) is 5.75 Å².